The van der Waals surface area contributed by atoms with Gasteiger partial charge in [-0.15, -0.1) is 0 Å². The van der Waals surface area contributed by atoms with Crippen molar-refractivity contribution in [2.45, 2.75) is 32.0 Å². The fourth-order valence-corrected chi connectivity index (χ4v) is 1.42. The van der Waals surface area contributed by atoms with Crippen LogP contribution in [0.3, 0.4) is 0 Å². The van der Waals surface area contributed by atoms with Gasteiger partial charge in [0.25, 0.3) is 0 Å². The van der Waals surface area contributed by atoms with Crippen molar-refractivity contribution in [3.8, 4) is 0 Å². The first-order valence-corrected chi connectivity index (χ1v) is 5.04. The van der Waals surface area contributed by atoms with E-state index in [1.165, 1.54) is 4.68 Å². The van der Waals surface area contributed by atoms with Gasteiger partial charge in [0.15, 0.2) is 5.82 Å². The number of carbonyl (C=O) groups excluding carboxylic acids is 1. The third-order valence-corrected chi connectivity index (χ3v) is 2.55. The van der Waals surface area contributed by atoms with Gasteiger partial charge >= 0.3 is 0 Å². The van der Waals surface area contributed by atoms with Crippen LogP contribution in [0.15, 0.2) is 6.33 Å². The minimum absolute atomic E-state index is 0.0750. The number of hydrogen-bond acceptors (Lipinski definition) is 4. The maximum absolute atomic E-state index is 11.7. The molecule has 1 fully saturated rings. The maximum atomic E-state index is 11.7. The summed E-state index contributed by atoms with van der Waals surface area (Å²) in [4.78, 5) is 17.4. The SMILES string of the molecule is CN(C(=O)Cn1cnc(CN)n1)C1CC1. The van der Waals surface area contributed by atoms with Gasteiger partial charge in [-0.1, -0.05) is 0 Å². The molecular formula is C9H15N5O. The van der Waals surface area contributed by atoms with E-state index in [9.17, 15) is 4.79 Å². The Morgan fingerprint density at radius 2 is 2.47 bits per heavy atom. The summed E-state index contributed by atoms with van der Waals surface area (Å²) in [5.41, 5.74) is 5.38. The lowest BCUT2D eigenvalue weighted by atomic mass is 10.5. The molecule has 0 atom stereocenters. The Morgan fingerprint density at radius 1 is 1.73 bits per heavy atom. The number of rotatable bonds is 4. The number of nitrogens with zero attached hydrogens (tertiary/aromatic N) is 4. The van der Waals surface area contributed by atoms with Crippen molar-refractivity contribution < 1.29 is 4.79 Å². The standard InChI is InChI=1S/C9H15N5O/c1-13(7-2-3-7)9(15)5-14-6-11-8(4-10)12-14/h6-7H,2-5,10H2,1H3. The van der Waals surface area contributed by atoms with E-state index >= 15 is 0 Å². The van der Waals surface area contributed by atoms with Crippen molar-refractivity contribution in [1.29, 1.82) is 0 Å². The average molecular weight is 209 g/mol. The third-order valence-electron chi connectivity index (χ3n) is 2.55. The number of hydrogen-bond donors (Lipinski definition) is 1. The number of amides is 1. The van der Waals surface area contributed by atoms with E-state index < -0.39 is 0 Å². The Morgan fingerprint density at radius 3 is 3.00 bits per heavy atom. The van der Waals surface area contributed by atoms with Gasteiger partial charge in [0.05, 0.1) is 6.54 Å². The smallest absolute Gasteiger partial charge is 0.244 e. The summed E-state index contributed by atoms with van der Waals surface area (Å²) in [7, 11) is 1.83. The van der Waals surface area contributed by atoms with Crippen LogP contribution in [0.4, 0.5) is 0 Å². The van der Waals surface area contributed by atoms with E-state index in [1.54, 1.807) is 11.2 Å². The first-order chi connectivity index (χ1) is 7.20. The van der Waals surface area contributed by atoms with Crippen LogP contribution >= 0.6 is 0 Å². The monoisotopic (exact) mass is 209 g/mol. The van der Waals surface area contributed by atoms with E-state index in [1.807, 2.05) is 7.05 Å². The van der Waals surface area contributed by atoms with Gasteiger partial charge < -0.3 is 10.6 Å². The molecule has 0 bridgehead atoms. The summed E-state index contributed by atoms with van der Waals surface area (Å²) in [6.07, 6.45) is 3.78. The minimum atomic E-state index is 0.0750. The van der Waals surface area contributed by atoms with Gasteiger partial charge in [-0.05, 0) is 12.8 Å². The van der Waals surface area contributed by atoms with Crippen molar-refractivity contribution in [3.63, 3.8) is 0 Å². The molecule has 0 aromatic carbocycles. The molecule has 2 N–H and O–H groups in total. The first kappa shape index (κ1) is 10.1. The Labute approximate surface area is 88.1 Å². The molecular weight excluding hydrogens is 194 g/mol. The molecule has 1 amide bonds. The van der Waals surface area contributed by atoms with Gasteiger partial charge in [-0.25, -0.2) is 9.67 Å². The van der Waals surface area contributed by atoms with E-state index in [2.05, 4.69) is 10.1 Å². The van der Waals surface area contributed by atoms with Crippen molar-refractivity contribution in [2.24, 2.45) is 5.73 Å². The molecule has 0 aliphatic heterocycles. The summed E-state index contributed by atoms with van der Waals surface area (Å²) in [6, 6.07) is 0.440. The molecule has 82 valence electrons. The normalized spacial score (nSPS) is 15.3. The summed E-state index contributed by atoms with van der Waals surface area (Å²) in [5.74, 6) is 0.642. The maximum Gasteiger partial charge on any atom is 0.244 e. The van der Waals surface area contributed by atoms with E-state index in [0.29, 0.717) is 18.4 Å². The molecule has 1 aliphatic rings. The van der Waals surface area contributed by atoms with Crippen molar-refractivity contribution in [2.75, 3.05) is 7.05 Å². The first-order valence-electron chi connectivity index (χ1n) is 5.04. The van der Waals surface area contributed by atoms with Crippen LogP contribution in [0.2, 0.25) is 0 Å². The van der Waals surface area contributed by atoms with Crippen LogP contribution in [0.25, 0.3) is 0 Å². The molecule has 0 saturated heterocycles. The number of likely N-dealkylation sites (N-methyl/N-ethyl adjacent to an activating group) is 1. The van der Waals surface area contributed by atoms with Gasteiger partial charge in [0.2, 0.25) is 5.91 Å². The molecule has 0 radical (unpaired) electrons. The molecule has 0 spiro atoms. The van der Waals surface area contributed by atoms with E-state index in [0.717, 1.165) is 12.8 Å². The van der Waals surface area contributed by atoms with Gasteiger partial charge in [0.1, 0.15) is 12.9 Å². The second kappa shape index (κ2) is 3.98. The lowest BCUT2D eigenvalue weighted by Crippen LogP contribution is -2.32. The zero-order valence-electron chi connectivity index (χ0n) is 8.76. The molecule has 1 heterocycles. The van der Waals surface area contributed by atoms with Crippen molar-refractivity contribution >= 4 is 5.91 Å². The lowest BCUT2D eigenvalue weighted by molar-refractivity contribution is -0.131. The molecule has 1 aliphatic carbocycles. The molecule has 0 unspecified atom stereocenters. The van der Waals surface area contributed by atoms with Crippen molar-refractivity contribution in [1.82, 2.24) is 19.7 Å². The Kier molecular flexibility index (Phi) is 2.68. The van der Waals surface area contributed by atoms with Gasteiger partial charge in [-0.2, -0.15) is 5.10 Å². The van der Waals surface area contributed by atoms with Crippen molar-refractivity contribution in [3.05, 3.63) is 12.2 Å². The zero-order valence-corrected chi connectivity index (χ0v) is 8.76. The molecule has 1 aromatic heterocycles. The Balaban J connectivity index is 1.92. The Hall–Kier alpha value is -1.43. The van der Waals surface area contributed by atoms with Crippen LogP contribution in [-0.4, -0.2) is 38.7 Å². The highest BCUT2D eigenvalue weighted by Crippen LogP contribution is 2.25. The van der Waals surface area contributed by atoms with Crippen LogP contribution in [0.1, 0.15) is 18.7 Å². The third kappa shape index (κ3) is 2.33. The minimum Gasteiger partial charge on any atom is -0.341 e. The summed E-state index contributed by atoms with van der Waals surface area (Å²) < 4.78 is 1.53. The highest BCUT2D eigenvalue weighted by Gasteiger charge is 2.29. The average Bonchev–Trinajstić information content (AvgIpc) is 2.98. The van der Waals surface area contributed by atoms with Gasteiger partial charge in [-0.3, -0.25) is 4.79 Å². The fraction of sp³-hybridized carbons (Fsp3) is 0.667. The predicted octanol–water partition coefficient (Wildman–Crippen LogP) is -0.642. The fourth-order valence-electron chi connectivity index (χ4n) is 1.42. The van der Waals surface area contributed by atoms with Crippen LogP contribution in [0.5, 0.6) is 0 Å². The second-order valence-electron chi connectivity index (χ2n) is 3.80. The molecule has 6 nitrogen and oxygen atoms in total. The Bertz CT molecular complexity index is 357. The predicted molar refractivity (Wildman–Crippen MR) is 53.7 cm³/mol. The van der Waals surface area contributed by atoms with Crippen LogP contribution in [0, 0.1) is 0 Å². The highest BCUT2D eigenvalue weighted by molar-refractivity contribution is 5.76. The summed E-state index contributed by atoms with van der Waals surface area (Å²) in [5, 5.41) is 4.06. The number of nitrogens with two attached hydrogens (primary N) is 1. The number of carbonyl (C=O) groups is 1. The van der Waals surface area contributed by atoms with Crippen LogP contribution < -0.4 is 5.73 Å². The molecule has 1 aromatic rings. The molecule has 15 heavy (non-hydrogen) atoms. The van der Waals surface area contributed by atoms with Crippen LogP contribution in [-0.2, 0) is 17.9 Å². The molecule has 2 rings (SSSR count). The number of aromatic nitrogens is 3. The summed E-state index contributed by atoms with van der Waals surface area (Å²) in [6.45, 7) is 0.555. The lowest BCUT2D eigenvalue weighted by Gasteiger charge is -2.15. The second-order valence-corrected chi connectivity index (χ2v) is 3.80. The molecule has 6 heteroatoms. The highest BCUT2D eigenvalue weighted by atomic mass is 16.2. The largest absolute Gasteiger partial charge is 0.341 e. The topological polar surface area (TPSA) is 77.0 Å². The molecule has 1 saturated carbocycles. The zero-order chi connectivity index (χ0) is 10.8. The summed E-state index contributed by atoms with van der Waals surface area (Å²) >= 11 is 0. The van der Waals surface area contributed by atoms with Gasteiger partial charge in [0, 0.05) is 13.1 Å². The van der Waals surface area contributed by atoms with E-state index in [4.69, 9.17) is 5.73 Å². The van der Waals surface area contributed by atoms with E-state index in [-0.39, 0.29) is 12.5 Å². The quantitative estimate of drug-likeness (QED) is 0.715.